The Balaban J connectivity index is 1.78. The number of rotatable bonds is 3. The first kappa shape index (κ1) is 20.1. The van der Waals surface area contributed by atoms with Crippen molar-refractivity contribution in [2.75, 3.05) is 4.90 Å². The molecule has 0 spiro atoms. The second kappa shape index (κ2) is 7.38. The van der Waals surface area contributed by atoms with Crippen LogP contribution in [0, 0.1) is 20.8 Å². The van der Waals surface area contributed by atoms with Gasteiger partial charge >= 0.3 is 5.91 Å². The van der Waals surface area contributed by atoms with Crippen molar-refractivity contribution in [2.24, 2.45) is 0 Å². The highest BCUT2D eigenvalue weighted by Gasteiger charge is 2.48. The quantitative estimate of drug-likeness (QED) is 0.293. The average molecular weight is 446 g/mol. The van der Waals surface area contributed by atoms with Crippen LogP contribution >= 0.6 is 11.3 Å². The Kier molecular flexibility index (Phi) is 4.63. The van der Waals surface area contributed by atoms with Crippen LogP contribution in [0.3, 0.4) is 0 Å². The second-order valence-electron chi connectivity index (χ2n) is 7.66. The van der Waals surface area contributed by atoms with E-state index in [4.69, 9.17) is 0 Å². The largest absolute Gasteiger partial charge is 0.505 e. The summed E-state index contributed by atoms with van der Waals surface area (Å²) in [6.07, 6.45) is 1.76. The van der Waals surface area contributed by atoms with Crippen molar-refractivity contribution >= 4 is 39.6 Å². The molecule has 3 aromatic heterocycles. The van der Waals surface area contributed by atoms with Gasteiger partial charge in [-0.2, -0.15) is 0 Å². The zero-order valence-electron chi connectivity index (χ0n) is 17.6. The maximum atomic E-state index is 13.2. The Morgan fingerprint density at radius 2 is 1.78 bits per heavy atom. The molecule has 0 bridgehead atoms. The van der Waals surface area contributed by atoms with Crippen LogP contribution in [0.2, 0.25) is 0 Å². The van der Waals surface area contributed by atoms with Crippen LogP contribution in [0.5, 0.6) is 0 Å². The number of amides is 1. The Morgan fingerprint density at radius 1 is 1.03 bits per heavy atom. The maximum Gasteiger partial charge on any atom is 0.301 e. The topological polar surface area (TPSA) is 101 Å². The van der Waals surface area contributed by atoms with E-state index in [0.29, 0.717) is 32.7 Å². The predicted molar refractivity (Wildman–Crippen MR) is 121 cm³/mol. The van der Waals surface area contributed by atoms with E-state index < -0.39 is 17.7 Å². The Labute approximate surface area is 187 Å². The molecule has 1 N–H and O–H groups in total. The van der Waals surface area contributed by atoms with Gasteiger partial charge in [-0.05, 0) is 38.5 Å². The molecule has 32 heavy (non-hydrogen) atoms. The van der Waals surface area contributed by atoms with E-state index in [0.717, 1.165) is 5.56 Å². The fourth-order valence-electron chi connectivity index (χ4n) is 4.00. The molecule has 160 valence electrons. The zero-order valence-corrected chi connectivity index (χ0v) is 18.4. The molecule has 0 radical (unpaired) electrons. The second-order valence-corrected chi connectivity index (χ2v) is 8.82. The molecule has 9 heteroatoms. The molecule has 4 heterocycles. The van der Waals surface area contributed by atoms with Gasteiger partial charge in [-0.15, -0.1) is 10.2 Å². The van der Waals surface area contributed by atoms with Crippen LogP contribution < -0.4 is 4.90 Å². The summed E-state index contributed by atoms with van der Waals surface area (Å²) in [6, 6.07) is 12.1. The minimum atomic E-state index is -0.836. The molecule has 0 aliphatic carbocycles. The molecule has 4 aromatic rings. The molecule has 1 aliphatic rings. The van der Waals surface area contributed by atoms with Crippen LogP contribution in [-0.2, 0) is 9.59 Å². The maximum absolute atomic E-state index is 13.2. The number of aliphatic hydroxyl groups is 1. The zero-order chi connectivity index (χ0) is 22.6. The number of aliphatic hydroxyl groups excluding tert-OH is 1. The van der Waals surface area contributed by atoms with Gasteiger partial charge in [0.2, 0.25) is 5.13 Å². The van der Waals surface area contributed by atoms with Crippen molar-refractivity contribution in [3.63, 3.8) is 0 Å². The minimum Gasteiger partial charge on any atom is -0.505 e. The number of Topliss-reactive ketones (excluding diaryl/α,β-unsaturated/α-hetero) is 1. The highest BCUT2D eigenvalue weighted by molar-refractivity contribution is 7.15. The molecular formula is C23H19N5O3S. The van der Waals surface area contributed by atoms with Gasteiger partial charge in [0.25, 0.3) is 5.78 Å². The van der Waals surface area contributed by atoms with E-state index in [1.807, 2.05) is 49.4 Å². The van der Waals surface area contributed by atoms with E-state index in [9.17, 15) is 14.7 Å². The smallest absolute Gasteiger partial charge is 0.301 e. The molecule has 8 nitrogen and oxygen atoms in total. The number of fused-ring (bicyclic) bond motifs is 1. The summed E-state index contributed by atoms with van der Waals surface area (Å²) in [4.78, 5) is 32.2. The Bertz CT molecular complexity index is 1420. The number of carbonyl (C=O) groups is 2. The van der Waals surface area contributed by atoms with Crippen molar-refractivity contribution in [1.82, 2.24) is 19.6 Å². The lowest BCUT2D eigenvalue weighted by molar-refractivity contribution is -0.132. The third kappa shape index (κ3) is 3.01. The number of carbonyl (C=O) groups excluding carboxylic acids is 2. The number of imidazole rings is 1. The monoisotopic (exact) mass is 445 g/mol. The Morgan fingerprint density at radius 3 is 2.47 bits per heavy atom. The first-order chi connectivity index (χ1) is 15.4. The number of nitrogens with zero attached hydrogens (tertiary/aromatic N) is 5. The minimum absolute atomic E-state index is 0.000425. The number of hydrogen-bond donors (Lipinski definition) is 1. The standard InChI is InChI=1S/C23H19N5O3S/c1-12-7-9-15(10-8-12)19-17(21(30)22(31)28(19)23-26-25-14(3)32-23)20(29)18-13(2)24-16-6-4-5-11-27(16)18/h4-11,19,29H,1-3H3. The van der Waals surface area contributed by atoms with E-state index in [1.54, 1.807) is 24.4 Å². The summed E-state index contributed by atoms with van der Waals surface area (Å²) in [7, 11) is 0. The number of aryl methyl sites for hydroxylation is 3. The molecule has 5 rings (SSSR count). The number of anilines is 1. The van der Waals surface area contributed by atoms with Crippen LogP contribution in [0.4, 0.5) is 5.13 Å². The van der Waals surface area contributed by atoms with Gasteiger partial charge in [0.1, 0.15) is 16.3 Å². The summed E-state index contributed by atoms with van der Waals surface area (Å²) >= 11 is 1.22. The fraction of sp³-hybridized carbons (Fsp3) is 0.174. The Hall–Kier alpha value is -3.85. The number of ketones is 1. The summed E-state index contributed by atoms with van der Waals surface area (Å²) in [5, 5.41) is 20.5. The molecule has 1 unspecified atom stereocenters. The van der Waals surface area contributed by atoms with Crippen molar-refractivity contribution in [3.8, 4) is 0 Å². The van der Waals surface area contributed by atoms with E-state index in [-0.39, 0.29) is 11.3 Å². The lowest BCUT2D eigenvalue weighted by atomic mass is 9.96. The fourth-order valence-corrected chi connectivity index (χ4v) is 4.72. The lowest BCUT2D eigenvalue weighted by Gasteiger charge is -2.22. The third-order valence-corrected chi connectivity index (χ3v) is 6.33. The number of pyridine rings is 1. The van der Waals surface area contributed by atoms with Crippen LogP contribution in [-0.4, -0.2) is 36.4 Å². The third-order valence-electron chi connectivity index (χ3n) is 5.49. The van der Waals surface area contributed by atoms with E-state index in [2.05, 4.69) is 15.2 Å². The number of aromatic nitrogens is 4. The molecule has 1 atom stereocenters. The molecule has 1 saturated heterocycles. The van der Waals surface area contributed by atoms with Crippen LogP contribution in [0.15, 0.2) is 54.2 Å². The summed E-state index contributed by atoms with van der Waals surface area (Å²) < 4.78 is 1.71. The highest BCUT2D eigenvalue weighted by Crippen LogP contribution is 2.43. The van der Waals surface area contributed by atoms with E-state index >= 15 is 0 Å². The van der Waals surface area contributed by atoms with Crippen molar-refractivity contribution in [1.29, 1.82) is 0 Å². The first-order valence-corrected chi connectivity index (χ1v) is 10.8. The lowest BCUT2D eigenvalue weighted by Crippen LogP contribution is -2.29. The van der Waals surface area contributed by atoms with Gasteiger partial charge in [0.05, 0.1) is 17.3 Å². The number of hydrogen-bond acceptors (Lipinski definition) is 7. The van der Waals surface area contributed by atoms with Gasteiger partial charge in [-0.1, -0.05) is 47.2 Å². The average Bonchev–Trinajstić information content (AvgIpc) is 3.42. The summed E-state index contributed by atoms with van der Waals surface area (Å²) in [6.45, 7) is 5.49. The molecule has 1 amide bonds. The van der Waals surface area contributed by atoms with Crippen molar-refractivity contribution < 1.29 is 14.7 Å². The van der Waals surface area contributed by atoms with Crippen LogP contribution in [0.1, 0.15) is 33.6 Å². The molecule has 1 aromatic carbocycles. The normalized spacial score (nSPS) is 18.1. The first-order valence-electron chi connectivity index (χ1n) is 9.98. The molecule has 0 saturated carbocycles. The molecular weight excluding hydrogens is 426 g/mol. The van der Waals surface area contributed by atoms with Gasteiger partial charge in [0.15, 0.2) is 5.76 Å². The highest BCUT2D eigenvalue weighted by atomic mass is 32.1. The molecule has 1 fully saturated rings. The van der Waals surface area contributed by atoms with Crippen molar-refractivity contribution in [3.05, 3.63) is 81.8 Å². The van der Waals surface area contributed by atoms with E-state index in [1.165, 1.54) is 16.2 Å². The van der Waals surface area contributed by atoms with Gasteiger partial charge < -0.3 is 5.11 Å². The summed E-state index contributed by atoms with van der Waals surface area (Å²) in [5.41, 5.74) is 3.29. The predicted octanol–water partition coefficient (Wildman–Crippen LogP) is 3.74. The molecule has 1 aliphatic heterocycles. The van der Waals surface area contributed by atoms with Gasteiger partial charge in [-0.3, -0.25) is 18.9 Å². The SMILES string of the molecule is Cc1ccc(C2C(=C(O)c3c(C)nc4ccccn34)C(=O)C(=O)N2c2nnc(C)s2)cc1. The van der Waals surface area contributed by atoms with Gasteiger partial charge in [-0.25, -0.2) is 4.98 Å². The summed E-state index contributed by atoms with van der Waals surface area (Å²) in [5.74, 6) is -1.79. The van der Waals surface area contributed by atoms with Crippen LogP contribution in [0.25, 0.3) is 11.4 Å². The van der Waals surface area contributed by atoms with Crippen molar-refractivity contribution in [2.45, 2.75) is 26.8 Å². The van der Waals surface area contributed by atoms with Gasteiger partial charge in [0, 0.05) is 6.20 Å². The number of benzene rings is 1.